The molecule has 1 unspecified atom stereocenters. The summed E-state index contributed by atoms with van der Waals surface area (Å²) in [4.78, 5) is 10.9. The Morgan fingerprint density at radius 1 is 1.42 bits per heavy atom. The highest BCUT2D eigenvalue weighted by atomic mass is 16.2. The second-order valence-corrected chi connectivity index (χ2v) is 3.14. The van der Waals surface area contributed by atoms with Gasteiger partial charge in [0.1, 0.15) is 0 Å². The maximum absolute atomic E-state index is 10.9. The molecule has 12 heavy (non-hydrogen) atoms. The molecule has 3 nitrogen and oxygen atoms in total. The molecule has 0 radical (unpaired) electrons. The van der Waals surface area contributed by atoms with Gasteiger partial charge in [-0.15, -0.1) is 0 Å². The minimum Gasteiger partial charge on any atom is -0.355 e. The lowest BCUT2D eigenvalue weighted by Crippen LogP contribution is -2.38. The average Bonchev–Trinajstić information content (AvgIpc) is 2.03. The van der Waals surface area contributed by atoms with E-state index in [0.717, 1.165) is 13.0 Å². The first-order chi connectivity index (χ1) is 5.68. The predicted octanol–water partition coefficient (Wildman–Crippen LogP) is 1.03. The Morgan fingerprint density at radius 3 is 2.58 bits per heavy atom. The molecule has 0 aromatic rings. The van der Waals surface area contributed by atoms with Crippen molar-refractivity contribution in [3.8, 4) is 0 Å². The maximum atomic E-state index is 10.9. The van der Waals surface area contributed by atoms with Gasteiger partial charge in [-0.2, -0.15) is 0 Å². The van der Waals surface area contributed by atoms with Gasteiger partial charge in [0.05, 0.1) is 6.04 Å². The number of nitrogens with two attached hydrogens (primary N) is 1. The van der Waals surface area contributed by atoms with Gasteiger partial charge in [0.25, 0.3) is 0 Å². The van der Waals surface area contributed by atoms with E-state index in [1.54, 1.807) is 6.92 Å². The lowest BCUT2D eigenvalue weighted by Gasteiger charge is -2.06. The molecule has 0 aromatic heterocycles. The molecule has 1 atom stereocenters. The van der Waals surface area contributed by atoms with Crippen LogP contribution in [0.15, 0.2) is 0 Å². The van der Waals surface area contributed by atoms with Crippen molar-refractivity contribution in [2.75, 3.05) is 6.54 Å². The SMILES string of the molecule is CCCCCCNC(=O)C(C)N. The summed E-state index contributed by atoms with van der Waals surface area (Å²) in [7, 11) is 0. The molecule has 0 aliphatic carbocycles. The van der Waals surface area contributed by atoms with Crippen molar-refractivity contribution in [2.45, 2.75) is 45.6 Å². The van der Waals surface area contributed by atoms with Crippen LogP contribution in [0.2, 0.25) is 0 Å². The summed E-state index contributed by atoms with van der Waals surface area (Å²) in [5.41, 5.74) is 5.36. The van der Waals surface area contributed by atoms with Crippen molar-refractivity contribution < 1.29 is 4.79 Å². The Labute approximate surface area is 74.7 Å². The second-order valence-electron chi connectivity index (χ2n) is 3.14. The van der Waals surface area contributed by atoms with Crippen molar-refractivity contribution in [1.29, 1.82) is 0 Å². The Kier molecular flexibility index (Phi) is 6.76. The highest BCUT2D eigenvalue weighted by molar-refractivity contribution is 5.80. The minimum absolute atomic E-state index is 0.0495. The quantitative estimate of drug-likeness (QED) is 0.588. The molecule has 0 rings (SSSR count). The number of hydrogen-bond acceptors (Lipinski definition) is 2. The largest absolute Gasteiger partial charge is 0.355 e. The van der Waals surface area contributed by atoms with E-state index >= 15 is 0 Å². The fraction of sp³-hybridized carbons (Fsp3) is 0.889. The Hall–Kier alpha value is -0.570. The number of amides is 1. The van der Waals surface area contributed by atoms with E-state index in [4.69, 9.17) is 5.73 Å². The molecule has 0 aliphatic rings. The summed E-state index contributed by atoms with van der Waals surface area (Å²) in [6.07, 6.45) is 4.72. The van der Waals surface area contributed by atoms with Crippen LogP contribution in [0.5, 0.6) is 0 Å². The van der Waals surface area contributed by atoms with Crippen LogP contribution in [0.4, 0.5) is 0 Å². The van der Waals surface area contributed by atoms with Gasteiger partial charge in [-0.25, -0.2) is 0 Å². The molecule has 1 amide bonds. The van der Waals surface area contributed by atoms with Gasteiger partial charge in [-0.3, -0.25) is 4.79 Å². The van der Waals surface area contributed by atoms with Crippen LogP contribution >= 0.6 is 0 Å². The van der Waals surface area contributed by atoms with Crippen molar-refractivity contribution in [3.05, 3.63) is 0 Å². The van der Waals surface area contributed by atoms with Gasteiger partial charge in [0.2, 0.25) is 5.91 Å². The number of hydrogen-bond donors (Lipinski definition) is 2. The van der Waals surface area contributed by atoms with Crippen LogP contribution < -0.4 is 11.1 Å². The van der Waals surface area contributed by atoms with E-state index in [-0.39, 0.29) is 11.9 Å². The summed E-state index contributed by atoms with van der Waals surface area (Å²) in [6.45, 7) is 4.63. The highest BCUT2D eigenvalue weighted by Gasteiger charge is 2.04. The second kappa shape index (κ2) is 7.10. The van der Waals surface area contributed by atoms with Crippen LogP contribution in [0.3, 0.4) is 0 Å². The van der Waals surface area contributed by atoms with E-state index in [9.17, 15) is 4.79 Å². The van der Waals surface area contributed by atoms with Gasteiger partial charge < -0.3 is 11.1 Å². The Balaban J connectivity index is 3.14. The summed E-state index contributed by atoms with van der Waals surface area (Å²) in [5.74, 6) is -0.0495. The molecule has 0 heterocycles. The van der Waals surface area contributed by atoms with Crippen molar-refractivity contribution in [2.24, 2.45) is 5.73 Å². The normalized spacial score (nSPS) is 12.6. The molecule has 0 bridgehead atoms. The average molecular weight is 172 g/mol. The fourth-order valence-corrected chi connectivity index (χ4v) is 0.924. The molecular formula is C9H20N2O. The standard InChI is InChI=1S/C9H20N2O/c1-3-4-5-6-7-11-9(12)8(2)10/h8H,3-7,10H2,1-2H3,(H,11,12). The number of nitrogens with one attached hydrogen (secondary N) is 1. The number of carbonyl (C=O) groups excluding carboxylic acids is 1. The lowest BCUT2D eigenvalue weighted by molar-refractivity contribution is -0.121. The van der Waals surface area contributed by atoms with Crippen LogP contribution in [-0.2, 0) is 4.79 Å². The molecule has 0 fully saturated rings. The first-order valence-corrected chi connectivity index (χ1v) is 4.71. The zero-order valence-corrected chi connectivity index (χ0v) is 8.10. The molecule has 3 heteroatoms. The predicted molar refractivity (Wildman–Crippen MR) is 50.8 cm³/mol. The molecule has 0 saturated carbocycles. The molecule has 0 aromatic carbocycles. The third-order valence-corrected chi connectivity index (χ3v) is 1.74. The molecular weight excluding hydrogens is 152 g/mol. The van der Waals surface area contributed by atoms with Crippen LogP contribution in [0, 0.1) is 0 Å². The summed E-state index contributed by atoms with van der Waals surface area (Å²) < 4.78 is 0. The highest BCUT2D eigenvalue weighted by Crippen LogP contribution is 1.96. The van der Waals surface area contributed by atoms with Crippen molar-refractivity contribution in [3.63, 3.8) is 0 Å². The first kappa shape index (κ1) is 11.4. The number of rotatable bonds is 6. The van der Waals surface area contributed by atoms with Gasteiger partial charge in [-0.1, -0.05) is 26.2 Å². The van der Waals surface area contributed by atoms with E-state index in [2.05, 4.69) is 12.2 Å². The third-order valence-electron chi connectivity index (χ3n) is 1.74. The number of unbranched alkanes of at least 4 members (excludes halogenated alkanes) is 3. The van der Waals surface area contributed by atoms with E-state index in [1.807, 2.05) is 0 Å². The van der Waals surface area contributed by atoms with E-state index < -0.39 is 0 Å². The topological polar surface area (TPSA) is 55.1 Å². The maximum Gasteiger partial charge on any atom is 0.236 e. The van der Waals surface area contributed by atoms with Crippen LogP contribution in [0.1, 0.15) is 39.5 Å². The summed E-state index contributed by atoms with van der Waals surface area (Å²) in [6, 6.07) is -0.379. The van der Waals surface area contributed by atoms with Crippen molar-refractivity contribution >= 4 is 5.91 Å². The van der Waals surface area contributed by atoms with Crippen molar-refractivity contribution in [1.82, 2.24) is 5.32 Å². The summed E-state index contributed by atoms with van der Waals surface area (Å²) >= 11 is 0. The minimum atomic E-state index is -0.379. The zero-order chi connectivity index (χ0) is 9.40. The zero-order valence-electron chi connectivity index (χ0n) is 8.10. The molecule has 72 valence electrons. The first-order valence-electron chi connectivity index (χ1n) is 4.71. The van der Waals surface area contributed by atoms with E-state index in [0.29, 0.717) is 0 Å². The monoisotopic (exact) mass is 172 g/mol. The van der Waals surface area contributed by atoms with Crippen LogP contribution in [0.25, 0.3) is 0 Å². The Morgan fingerprint density at radius 2 is 2.08 bits per heavy atom. The number of carbonyl (C=O) groups is 1. The molecule has 3 N–H and O–H groups in total. The third kappa shape index (κ3) is 6.16. The van der Waals surface area contributed by atoms with Gasteiger partial charge >= 0.3 is 0 Å². The fourth-order valence-electron chi connectivity index (χ4n) is 0.924. The van der Waals surface area contributed by atoms with E-state index in [1.165, 1.54) is 19.3 Å². The van der Waals surface area contributed by atoms with Gasteiger partial charge in [0, 0.05) is 6.54 Å². The smallest absolute Gasteiger partial charge is 0.236 e. The van der Waals surface area contributed by atoms with Gasteiger partial charge in [-0.05, 0) is 13.3 Å². The van der Waals surface area contributed by atoms with Gasteiger partial charge in [0.15, 0.2) is 0 Å². The Bertz CT molecular complexity index is 124. The lowest BCUT2D eigenvalue weighted by atomic mass is 10.2. The van der Waals surface area contributed by atoms with Crippen LogP contribution in [-0.4, -0.2) is 18.5 Å². The summed E-state index contributed by atoms with van der Waals surface area (Å²) in [5, 5.41) is 2.78. The molecule has 0 aliphatic heterocycles. The molecule has 0 spiro atoms. The molecule has 0 saturated heterocycles.